The van der Waals surface area contributed by atoms with Gasteiger partial charge < -0.3 is 0 Å². The molecular weight excluding hydrogens is 294 g/mol. The zero-order valence-electron chi connectivity index (χ0n) is 8.34. The minimum Gasteiger partial charge on any atom is -0.233 e. The molecule has 0 bridgehead atoms. The molecule has 0 saturated heterocycles. The third kappa shape index (κ3) is 2.57. The van der Waals surface area contributed by atoms with E-state index >= 15 is 0 Å². The van der Waals surface area contributed by atoms with Crippen LogP contribution in [0.2, 0.25) is 5.02 Å². The van der Waals surface area contributed by atoms with Crippen molar-refractivity contribution in [1.29, 1.82) is 0 Å². The van der Waals surface area contributed by atoms with Crippen LogP contribution in [0.15, 0.2) is 28.9 Å². The molecule has 16 heavy (non-hydrogen) atoms. The molecule has 0 aliphatic carbocycles. The van der Waals surface area contributed by atoms with Crippen LogP contribution in [-0.2, 0) is 0 Å². The minimum atomic E-state index is -0.380. The van der Waals surface area contributed by atoms with Crippen LogP contribution < -0.4 is 0 Å². The lowest BCUT2D eigenvalue weighted by atomic mass is 10.1. The molecule has 5 heteroatoms. The maximum absolute atomic E-state index is 13.2. The lowest BCUT2D eigenvalue weighted by Gasteiger charge is -2.03. The molecule has 0 amide bonds. The van der Waals surface area contributed by atoms with Gasteiger partial charge in [-0.3, -0.25) is 0 Å². The summed E-state index contributed by atoms with van der Waals surface area (Å²) in [6.45, 7) is 1.77. The summed E-state index contributed by atoms with van der Waals surface area (Å²) in [6.07, 6.45) is 0. The van der Waals surface area contributed by atoms with E-state index in [0.717, 1.165) is 0 Å². The summed E-state index contributed by atoms with van der Waals surface area (Å²) in [5, 5.41) is 0.349. The number of aromatic nitrogens is 2. The Bertz CT molecular complexity index is 456. The predicted octanol–water partition coefficient (Wildman–Crippen LogP) is 4.01. The highest BCUT2D eigenvalue weighted by molar-refractivity contribution is 9.10. The summed E-state index contributed by atoms with van der Waals surface area (Å²) >= 11 is 9.05. The number of halogens is 3. The molecule has 1 aromatic carbocycles. The van der Waals surface area contributed by atoms with Gasteiger partial charge in [0.25, 0.3) is 0 Å². The molecule has 1 heterocycles. The Morgan fingerprint density at radius 1 is 1.19 bits per heavy atom. The molecular formula is C11H7BrClFN2. The molecule has 2 nitrogen and oxygen atoms in total. The van der Waals surface area contributed by atoms with Crippen molar-refractivity contribution in [2.45, 2.75) is 6.92 Å². The summed E-state index contributed by atoms with van der Waals surface area (Å²) in [7, 11) is 0. The number of aryl methyl sites for hydroxylation is 1. The fourth-order valence-electron chi connectivity index (χ4n) is 1.38. The van der Waals surface area contributed by atoms with Crippen molar-refractivity contribution in [2.24, 2.45) is 0 Å². The Morgan fingerprint density at radius 2 is 1.94 bits per heavy atom. The average molecular weight is 302 g/mol. The summed E-state index contributed by atoms with van der Waals surface area (Å²) < 4.78 is 13.8. The fourth-order valence-corrected chi connectivity index (χ4v) is 2.08. The SMILES string of the molecule is Cc1nc(Br)cc(-c2cc(F)cc(Cl)c2)n1. The van der Waals surface area contributed by atoms with Gasteiger partial charge in [0.05, 0.1) is 5.69 Å². The molecule has 0 aliphatic rings. The Hall–Kier alpha value is -1.00. The van der Waals surface area contributed by atoms with Crippen molar-refractivity contribution in [2.75, 3.05) is 0 Å². The quantitative estimate of drug-likeness (QED) is 0.744. The minimum absolute atomic E-state index is 0.349. The predicted molar refractivity (Wildman–Crippen MR) is 64.9 cm³/mol. The molecule has 2 rings (SSSR count). The molecule has 0 unspecified atom stereocenters. The van der Waals surface area contributed by atoms with Crippen LogP contribution in [0.3, 0.4) is 0 Å². The zero-order chi connectivity index (χ0) is 11.7. The first-order chi connectivity index (χ1) is 7.54. The van der Waals surface area contributed by atoms with Crippen LogP contribution in [0.1, 0.15) is 5.82 Å². The molecule has 2 aromatic rings. The molecule has 0 spiro atoms. The number of benzene rings is 1. The lowest BCUT2D eigenvalue weighted by molar-refractivity contribution is 0.628. The third-order valence-corrected chi connectivity index (χ3v) is 2.59. The van der Waals surface area contributed by atoms with E-state index in [1.807, 2.05) is 0 Å². The van der Waals surface area contributed by atoms with E-state index in [1.54, 1.807) is 19.1 Å². The topological polar surface area (TPSA) is 25.8 Å². The molecule has 82 valence electrons. The summed E-state index contributed by atoms with van der Waals surface area (Å²) in [5.41, 5.74) is 1.27. The van der Waals surface area contributed by atoms with Gasteiger partial charge >= 0.3 is 0 Å². The van der Waals surface area contributed by atoms with Gasteiger partial charge in [0.1, 0.15) is 16.2 Å². The maximum Gasteiger partial charge on any atom is 0.127 e. The van der Waals surface area contributed by atoms with Gasteiger partial charge in [0.15, 0.2) is 0 Å². The average Bonchev–Trinajstić information content (AvgIpc) is 2.14. The first-order valence-electron chi connectivity index (χ1n) is 4.52. The van der Waals surface area contributed by atoms with Gasteiger partial charge in [0, 0.05) is 10.6 Å². The van der Waals surface area contributed by atoms with Gasteiger partial charge in [-0.15, -0.1) is 0 Å². The molecule has 0 aliphatic heterocycles. The Balaban J connectivity index is 2.57. The van der Waals surface area contributed by atoms with Gasteiger partial charge in [-0.2, -0.15) is 0 Å². The van der Waals surface area contributed by atoms with Crippen molar-refractivity contribution < 1.29 is 4.39 Å². The third-order valence-electron chi connectivity index (χ3n) is 1.97. The molecule has 0 N–H and O–H groups in total. The first-order valence-corrected chi connectivity index (χ1v) is 5.69. The Morgan fingerprint density at radius 3 is 2.56 bits per heavy atom. The van der Waals surface area contributed by atoms with Gasteiger partial charge in [-0.05, 0) is 47.1 Å². The van der Waals surface area contributed by atoms with Crippen molar-refractivity contribution in [3.05, 3.63) is 45.5 Å². The highest BCUT2D eigenvalue weighted by Gasteiger charge is 2.05. The van der Waals surface area contributed by atoms with Crippen molar-refractivity contribution in [3.63, 3.8) is 0 Å². The molecule has 1 aromatic heterocycles. The van der Waals surface area contributed by atoms with E-state index in [0.29, 0.717) is 26.7 Å². The monoisotopic (exact) mass is 300 g/mol. The first kappa shape index (κ1) is 11.5. The van der Waals surface area contributed by atoms with Crippen molar-refractivity contribution in [3.8, 4) is 11.3 Å². The normalized spacial score (nSPS) is 10.5. The van der Waals surface area contributed by atoms with Gasteiger partial charge in [0.2, 0.25) is 0 Å². The molecule has 0 radical (unpaired) electrons. The van der Waals surface area contributed by atoms with Gasteiger partial charge in [-0.1, -0.05) is 11.6 Å². The van der Waals surface area contributed by atoms with Crippen LogP contribution in [0, 0.1) is 12.7 Å². The standard InChI is InChI=1S/C11H7BrClFN2/c1-6-15-10(5-11(12)16-6)7-2-8(13)4-9(14)3-7/h2-5H,1H3. The largest absolute Gasteiger partial charge is 0.233 e. The molecule has 0 fully saturated rings. The van der Waals surface area contributed by atoms with E-state index < -0.39 is 0 Å². The summed E-state index contributed by atoms with van der Waals surface area (Å²) in [4.78, 5) is 8.30. The highest BCUT2D eigenvalue weighted by atomic mass is 79.9. The smallest absolute Gasteiger partial charge is 0.127 e. The van der Waals surface area contributed by atoms with Crippen LogP contribution >= 0.6 is 27.5 Å². The van der Waals surface area contributed by atoms with Crippen LogP contribution in [0.4, 0.5) is 4.39 Å². The maximum atomic E-state index is 13.2. The molecule has 0 atom stereocenters. The van der Waals surface area contributed by atoms with E-state index in [-0.39, 0.29) is 5.82 Å². The van der Waals surface area contributed by atoms with Crippen molar-refractivity contribution in [1.82, 2.24) is 9.97 Å². The zero-order valence-corrected chi connectivity index (χ0v) is 10.7. The summed E-state index contributed by atoms with van der Waals surface area (Å²) in [5.74, 6) is 0.236. The van der Waals surface area contributed by atoms with Crippen LogP contribution in [0.25, 0.3) is 11.3 Å². The second kappa shape index (κ2) is 4.47. The lowest BCUT2D eigenvalue weighted by Crippen LogP contribution is -1.92. The number of hydrogen-bond donors (Lipinski definition) is 0. The van der Waals surface area contributed by atoms with Gasteiger partial charge in [-0.25, -0.2) is 14.4 Å². The number of rotatable bonds is 1. The fraction of sp³-hybridized carbons (Fsp3) is 0.0909. The number of hydrogen-bond acceptors (Lipinski definition) is 2. The van der Waals surface area contributed by atoms with E-state index in [1.165, 1.54) is 12.1 Å². The van der Waals surface area contributed by atoms with Crippen molar-refractivity contribution >= 4 is 27.5 Å². The second-order valence-electron chi connectivity index (χ2n) is 3.28. The second-order valence-corrected chi connectivity index (χ2v) is 4.53. The Labute approximate surface area is 106 Å². The highest BCUT2D eigenvalue weighted by Crippen LogP contribution is 2.24. The molecule has 0 saturated carbocycles. The van der Waals surface area contributed by atoms with E-state index in [9.17, 15) is 4.39 Å². The summed E-state index contributed by atoms with van der Waals surface area (Å²) in [6, 6.07) is 6.03. The van der Waals surface area contributed by atoms with E-state index in [4.69, 9.17) is 11.6 Å². The number of nitrogens with zero attached hydrogens (tertiary/aromatic N) is 2. The van der Waals surface area contributed by atoms with E-state index in [2.05, 4.69) is 25.9 Å². The van der Waals surface area contributed by atoms with Crippen LogP contribution in [-0.4, -0.2) is 9.97 Å². The Kier molecular flexibility index (Phi) is 3.21. The van der Waals surface area contributed by atoms with Crippen LogP contribution in [0.5, 0.6) is 0 Å².